The van der Waals surface area contributed by atoms with Crippen molar-refractivity contribution >= 4 is 39.3 Å². The van der Waals surface area contributed by atoms with Gasteiger partial charge in [-0.1, -0.05) is 22.9 Å². The highest BCUT2D eigenvalue weighted by atomic mass is 35.5. The molecule has 2 aromatic heterocycles. The van der Waals surface area contributed by atoms with Gasteiger partial charge in [-0.05, 0) is 19.1 Å². The molecule has 74 valence electrons. The van der Waals surface area contributed by atoms with E-state index in [2.05, 4.69) is 10.4 Å². The van der Waals surface area contributed by atoms with Gasteiger partial charge in [0, 0.05) is 0 Å². The number of hydrogen-bond acceptors (Lipinski definition) is 5. The van der Waals surface area contributed by atoms with Crippen LogP contribution in [0.2, 0.25) is 4.34 Å². The molecule has 14 heavy (non-hydrogen) atoms. The van der Waals surface area contributed by atoms with Gasteiger partial charge in [-0.25, -0.2) is 10.8 Å². The third-order valence-electron chi connectivity index (χ3n) is 1.71. The van der Waals surface area contributed by atoms with Crippen molar-refractivity contribution < 1.29 is 0 Å². The van der Waals surface area contributed by atoms with Crippen molar-refractivity contribution in [3.63, 3.8) is 0 Å². The Morgan fingerprint density at radius 2 is 2.21 bits per heavy atom. The van der Waals surface area contributed by atoms with Crippen molar-refractivity contribution in [1.82, 2.24) is 4.98 Å². The van der Waals surface area contributed by atoms with E-state index in [-0.39, 0.29) is 0 Å². The first-order chi connectivity index (χ1) is 6.70. The third-order valence-corrected chi connectivity index (χ3v) is 4.20. The van der Waals surface area contributed by atoms with Gasteiger partial charge in [0.05, 0.1) is 14.9 Å². The van der Waals surface area contributed by atoms with Crippen LogP contribution in [0.5, 0.6) is 0 Å². The SMILES string of the molecule is Cc1nc(-c2ccc(Cl)s2)sc1NN. The molecule has 0 fully saturated rings. The molecule has 0 saturated heterocycles. The van der Waals surface area contributed by atoms with Crippen molar-refractivity contribution in [3.05, 3.63) is 22.2 Å². The number of hydrogen-bond donors (Lipinski definition) is 2. The quantitative estimate of drug-likeness (QED) is 0.631. The third kappa shape index (κ3) is 1.76. The summed E-state index contributed by atoms with van der Waals surface area (Å²) in [6, 6.07) is 3.83. The van der Waals surface area contributed by atoms with E-state index < -0.39 is 0 Å². The molecular formula is C8H8ClN3S2. The molecule has 3 N–H and O–H groups in total. The van der Waals surface area contributed by atoms with Gasteiger partial charge in [0.1, 0.15) is 10.0 Å². The number of aryl methyl sites for hydroxylation is 1. The van der Waals surface area contributed by atoms with Crippen LogP contribution in [0.1, 0.15) is 5.69 Å². The van der Waals surface area contributed by atoms with Crippen LogP contribution in [-0.2, 0) is 0 Å². The zero-order valence-corrected chi connectivity index (χ0v) is 9.76. The van der Waals surface area contributed by atoms with Crippen LogP contribution in [0.15, 0.2) is 12.1 Å². The van der Waals surface area contributed by atoms with Gasteiger partial charge < -0.3 is 5.43 Å². The van der Waals surface area contributed by atoms with E-state index in [0.29, 0.717) is 0 Å². The molecule has 0 radical (unpaired) electrons. The summed E-state index contributed by atoms with van der Waals surface area (Å²) in [6.45, 7) is 1.92. The number of nitrogens with zero attached hydrogens (tertiary/aromatic N) is 1. The molecule has 0 atom stereocenters. The first-order valence-corrected chi connectivity index (χ1v) is 5.91. The summed E-state index contributed by atoms with van der Waals surface area (Å²) in [5, 5.41) is 1.84. The number of nitrogens with one attached hydrogen (secondary N) is 1. The molecule has 2 aromatic rings. The van der Waals surface area contributed by atoms with Gasteiger partial charge >= 0.3 is 0 Å². The maximum absolute atomic E-state index is 5.85. The second-order valence-electron chi connectivity index (χ2n) is 2.68. The Balaban J connectivity index is 2.42. The standard InChI is InChI=1S/C8H8ClN3S2/c1-4-7(12-10)14-8(11-4)5-2-3-6(9)13-5/h2-3,12H,10H2,1H3. The van der Waals surface area contributed by atoms with Gasteiger partial charge in [-0.15, -0.1) is 11.3 Å². The number of nitrogen functional groups attached to an aromatic ring is 1. The first kappa shape index (κ1) is 9.92. The van der Waals surface area contributed by atoms with Crippen LogP contribution in [0, 0.1) is 6.92 Å². The van der Waals surface area contributed by atoms with Crippen LogP contribution in [0.3, 0.4) is 0 Å². The molecule has 0 aliphatic rings. The number of nitrogens with two attached hydrogens (primary N) is 1. The normalized spacial score (nSPS) is 10.5. The Labute approximate surface area is 94.5 Å². The minimum atomic E-state index is 0.773. The van der Waals surface area contributed by atoms with E-state index in [9.17, 15) is 0 Å². The van der Waals surface area contributed by atoms with Crippen molar-refractivity contribution in [2.24, 2.45) is 5.84 Å². The van der Waals surface area contributed by atoms with Gasteiger partial charge in [-0.2, -0.15) is 0 Å². The number of thiazole rings is 1. The van der Waals surface area contributed by atoms with Gasteiger partial charge in [-0.3, -0.25) is 0 Å². The van der Waals surface area contributed by atoms with E-state index in [1.165, 1.54) is 22.7 Å². The highest BCUT2D eigenvalue weighted by molar-refractivity contribution is 7.25. The molecule has 0 amide bonds. The van der Waals surface area contributed by atoms with Crippen molar-refractivity contribution in [1.29, 1.82) is 0 Å². The highest BCUT2D eigenvalue weighted by Crippen LogP contribution is 2.36. The summed E-state index contributed by atoms with van der Waals surface area (Å²) in [6.07, 6.45) is 0. The van der Waals surface area contributed by atoms with Crippen LogP contribution in [0.25, 0.3) is 9.88 Å². The number of hydrazine groups is 1. The predicted octanol–water partition coefficient (Wildman–Crippen LogP) is 3.12. The smallest absolute Gasteiger partial charge is 0.135 e. The predicted molar refractivity (Wildman–Crippen MR) is 63.0 cm³/mol. The molecule has 0 aromatic carbocycles. The van der Waals surface area contributed by atoms with Crippen LogP contribution < -0.4 is 11.3 Å². The van der Waals surface area contributed by atoms with E-state index in [0.717, 1.165) is 24.9 Å². The first-order valence-electron chi connectivity index (χ1n) is 3.90. The molecule has 0 unspecified atom stereocenters. The Kier molecular flexibility index (Phi) is 2.73. The minimum absolute atomic E-state index is 0.773. The maximum atomic E-state index is 5.85. The average molecular weight is 246 g/mol. The Morgan fingerprint density at radius 1 is 1.43 bits per heavy atom. The zero-order chi connectivity index (χ0) is 10.1. The Bertz CT molecular complexity index is 449. The minimum Gasteiger partial charge on any atom is -0.314 e. The van der Waals surface area contributed by atoms with Crippen molar-refractivity contribution in [2.45, 2.75) is 6.92 Å². The number of halogens is 1. The molecule has 0 bridgehead atoms. The number of aromatic nitrogens is 1. The molecule has 0 spiro atoms. The molecular weight excluding hydrogens is 238 g/mol. The Morgan fingerprint density at radius 3 is 2.71 bits per heavy atom. The van der Waals surface area contributed by atoms with E-state index in [4.69, 9.17) is 17.4 Å². The van der Waals surface area contributed by atoms with Crippen molar-refractivity contribution in [2.75, 3.05) is 5.43 Å². The fraction of sp³-hybridized carbons (Fsp3) is 0.125. The average Bonchev–Trinajstić information content (AvgIpc) is 2.71. The summed E-state index contributed by atoms with van der Waals surface area (Å²) in [5.41, 5.74) is 3.53. The second-order valence-corrected chi connectivity index (χ2v) is 5.40. The number of anilines is 1. The van der Waals surface area contributed by atoms with Crippen LogP contribution in [-0.4, -0.2) is 4.98 Å². The summed E-state index contributed by atoms with van der Waals surface area (Å²) in [5.74, 6) is 5.35. The summed E-state index contributed by atoms with van der Waals surface area (Å²) in [7, 11) is 0. The fourth-order valence-corrected chi connectivity index (χ4v) is 3.04. The van der Waals surface area contributed by atoms with Crippen LogP contribution in [0.4, 0.5) is 5.00 Å². The Hall–Kier alpha value is -0.620. The van der Waals surface area contributed by atoms with Gasteiger partial charge in [0.25, 0.3) is 0 Å². The molecule has 0 saturated carbocycles. The number of thiophene rings is 1. The summed E-state index contributed by atoms with van der Waals surface area (Å²) in [4.78, 5) is 5.47. The maximum Gasteiger partial charge on any atom is 0.135 e. The summed E-state index contributed by atoms with van der Waals surface area (Å²) >= 11 is 8.89. The fourth-order valence-electron chi connectivity index (χ4n) is 1.06. The monoisotopic (exact) mass is 245 g/mol. The molecule has 2 rings (SSSR count). The summed E-state index contributed by atoms with van der Waals surface area (Å²) < 4.78 is 0.773. The molecule has 0 aliphatic heterocycles. The van der Waals surface area contributed by atoms with Crippen LogP contribution >= 0.6 is 34.3 Å². The van der Waals surface area contributed by atoms with E-state index in [1.807, 2.05) is 19.1 Å². The lowest BCUT2D eigenvalue weighted by Crippen LogP contribution is -2.05. The van der Waals surface area contributed by atoms with Crippen molar-refractivity contribution in [3.8, 4) is 9.88 Å². The molecule has 2 heterocycles. The van der Waals surface area contributed by atoms with E-state index in [1.54, 1.807) is 0 Å². The molecule has 3 nitrogen and oxygen atoms in total. The second kappa shape index (κ2) is 3.86. The lowest BCUT2D eigenvalue weighted by molar-refractivity contribution is 1.24. The largest absolute Gasteiger partial charge is 0.314 e. The lowest BCUT2D eigenvalue weighted by atomic mass is 10.5. The van der Waals surface area contributed by atoms with E-state index >= 15 is 0 Å². The topological polar surface area (TPSA) is 50.9 Å². The highest BCUT2D eigenvalue weighted by Gasteiger charge is 2.09. The van der Waals surface area contributed by atoms with Gasteiger partial charge in [0.15, 0.2) is 0 Å². The zero-order valence-electron chi connectivity index (χ0n) is 7.37. The lowest BCUT2D eigenvalue weighted by Gasteiger charge is -1.90. The number of rotatable bonds is 2. The molecule has 6 heteroatoms. The molecule has 0 aliphatic carbocycles. The van der Waals surface area contributed by atoms with Gasteiger partial charge in [0.2, 0.25) is 0 Å².